The third-order valence-corrected chi connectivity index (χ3v) is 4.36. The van der Waals surface area contributed by atoms with E-state index in [1.807, 2.05) is 60.9 Å². The quantitative estimate of drug-likeness (QED) is 0.589. The number of pyridine rings is 1. The van der Waals surface area contributed by atoms with Gasteiger partial charge in [-0.1, -0.05) is 43.3 Å². The molecule has 0 bridgehead atoms. The maximum atomic E-state index is 10.4. The molecule has 0 saturated carbocycles. The van der Waals surface area contributed by atoms with Gasteiger partial charge in [0.15, 0.2) is 0 Å². The first-order valence-electron chi connectivity index (χ1n) is 8.48. The molecule has 3 aromatic rings. The van der Waals surface area contributed by atoms with Gasteiger partial charge in [0, 0.05) is 19.2 Å². The fourth-order valence-electron chi connectivity index (χ4n) is 2.93. The van der Waals surface area contributed by atoms with Crippen LogP contribution in [0.3, 0.4) is 0 Å². The molecule has 0 amide bonds. The van der Waals surface area contributed by atoms with Crippen molar-refractivity contribution in [2.24, 2.45) is 0 Å². The molecule has 5 heteroatoms. The standard InChI is InChI=1S/C20H24N3O2/c1-15(11-19-22-13-17-9-5-6-10-23(17)19)12-21-18(14-24)20(25)16-7-3-2-4-8-16/h2-10,13,18,20-21,24-25H,11-12,14H2,1H3. The van der Waals surface area contributed by atoms with E-state index >= 15 is 0 Å². The van der Waals surface area contributed by atoms with Crippen molar-refractivity contribution >= 4 is 5.52 Å². The molecule has 2 aromatic heterocycles. The second kappa shape index (κ2) is 8.25. The van der Waals surface area contributed by atoms with Crippen molar-refractivity contribution in [3.05, 3.63) is 78.2 Å². The molecule has 25 heavy (non-hydrogen) atoms. The molecule has 2 unspecified atom stereocenters. The van der Waals surface area contributed by atoms with Crippen LogP contribution in [-0.2, 0) is 6.42 Å². The minimum absolute atomic E-state index is 0.129. The summed E-state index contributed by atoms with van der Waals surface area (Å²) in [5.41, 5.74) is 1.87. The third-order valence-electron chi connectivity index (χ3n) is 4.36. The Bertz CT molecular complexity index is 788. The highest BCUT2D eigenvalue weighted by Gasteiger charge is 2.20. The van der Waals surface area contributed by atoms with E-state index in [4.69, 9.17) is 0 Å². The first-order valence-corrected chi connectivity index (χ1v) is 8.48. The number of nitrogens with one attached hydrogen (secondary N) is 1. The van der Waals surface area contributed by atoms with Gasteiger partial charge in [-0.05, 0) is 23.6 Å². The van der Waals surface area contributed by atoms with Crippen LogP contribution in [0.5, 0.6) is 0 Å². The molecule has 131 valence electrons. The Morgan fingerprint density at radius 1 is 1.16 bits per heavy atom. The Labute approximate surface area is 148 Å². The number of rotatable bonds is 8. The summed E-state index contributed by atoms with van der Waals surface area (Å²) < 4.78 is 2.08. The number of fused-ring (bicyclic) bond motifs is 1. The van der Waals surface area contributed by atoms with E-state index in [-0.39, 0.29) is 6.61 Å². The van der Waals surface area contributed by atoms with Gasteiger partial charge in [-0.15, -0.1) is 0 Å². The maximum absolute atomic E-state index is 10.4. The highest BCUT2D eigenvalue weighted by Crippen LogP contribution is 2.17. The molecule has 0 saturated heterocycles. The van der Waals surface area contributed by atoms with Crippen LogP contribution in [0.15, 0.2) is 60.9 Å². The van der Waals surface area contributed by atoms with Crippen LogP contribution in [0.4, 0.5) is 0 Å². The summed E-state index contributed by atoms with van der Waals surface area (Å²) in [6.45, 7) is 2.53. The second-order valence-corrected chi connectivity index (χ2v) is 6.33. The summed E-state index contributed by atoms with van der Waals surface area (Å²) in [5, 5.41) is 23.3. The van der Waals surface area contributed by atoms with Gasteiger partial charge in [0.05, 0.1) is 30.5 Å². The van der Waals surface area contributed by atoms with Gasteiger partial charge in [-0.3, -0.25) is 0 Å². The van der Waals surface area contributed by atoms with Gasteiger partial charge in [0.25, 0.3) is 0 Å². The van der Waals surface area contributed by atoms with Crippen molar-refractivity contribution in [2.45, 2.75) is 25.5 Å². The third kappa shape index (κ3) is 4.25. The Balaban J connectivity index is 1.58. The zero-order chi connectivity index (χ0) is 17.6. The molecule has 0 aliphatic heterocycles. The summed E-state index contributed by atoms with van der Waals surface area (Å²) in [6, 6.07) is 15.0. The monoisotopic (exact) mass is 338 g/mol. The van der Waals surface area contributed by atoms with Gasteiger partial charge in [0.1, 0.15) is 5.82 Å². The predicted octanol–water partition coefficient (Wildman–Crippen LogP) is 2.16. The van der Waals surface area contributed by atoms with Crippen LogP contribution < -0.4 is 5.32 Å². The van der Waals surface area contributed by atoms with E-state index in [1.54, 1.807) is 0 Å². The van der Waals surface area contributed by atoms with E-state index in [2.05, 4.69) is 21.6 Å². The number of aromatic nitrogens is 2. The van der Waals surface area contributed by atoms with Crippen molar-refractivity contribution in [1.29, 1.82) is 0 Å². The lowest BCUT2D eigenvalue weighted by Gasteiger charge is -2.24. The lowest BCUT2D eigenvalue weighted by molar-refractivity contribution is 0.0908. The molecule has 3 rings (SSSR count). The lowest BCUT2D eigenvalue weighted by Crippen LogP contribution is -2.40. The van der Waals surface area contributed by atoms with Crippen LogP contribution in [0.25, 0.3) is 5.52 Å². The van der Waals surface area contributed by atoms with Crippen molar-refractivity contribution < 1.29 is 10.2 Å². The number of hydrogen-bond acceptors (Lipinski definition) is 4. The van der Waals surface area contributed by atoms with Gasteiger partial charge in [0.2, 0.25) is 0 Å². The lowest BCUT2D eigenvalue weighted by atomic mass is 10.0. The van der Waals surface area contributed by atoms with E-state index < -0.39 is 12.1 Å². The van der Waals surface area contributed by atoms with Crippen molar-refractivity contribution in [1.82, 2.24) is 14.7 Å². The molecular weight excluding hydrogens is 314 g/mol. The first kappa shape index (κ1) is 17.6. The molecule has 0 spiro atoms. The first-order chi connectivity index (χ1) is 12.2. The fraction of sp³-hybridized carbons (Fsp3) is 0.300. The molecule has 2 atom stereocenters. The van der Waals surface area contributed by atoms with E-state index in [0.717, 1.165) is 23.3 Å². The molecule has 3 N–H and O–H groups in total. The predicted molar refractivity (Wildman–Crippen MR) is 98.1 cm³/mol. The SMILES string of the molecule is C[C](CNC(CO)C(O)c1ccccc1)Cc1ncc2ccccn12. The molecule has 0 fully saturated rings. The van der Waals surface area contributed by atoms with Crippen molar-refractivity contribution in [3.8, 4) is 0 Å². The molecule has 2 heterocycles. The minimum Gasteiger partial charge on any atom is -0.395 e. The van der Waals surface area contributed by atoms with E-state index in [9.17, 15) is 10.2 Å². The minimum atomic E-state index is -0.744. The van der Waals surface area contributed by atoms with Gasteiger partial charge in [-0.25, -0.2) is 4.98 Å². The van der Waals surface area contributed by atoms with Crippen LogP contribution in [-0.4, -0.2) is 38.8 Å². The number of benzene rings is 1. The Hall–Kier alpha value is -2.21. The van der Waals surface area contributed by atoms with Crippen molar-refractivity contribution in [3.63, 3.8) is 0 Å². The fourth-order valence-corrected chi connectivity index (χ4v) is 2.93. The summed E-state index contributed by atoms with van der Waals surface area (Å²) in [7, 11) is 0. The Morgan fingerprint density at radius 2 is 1.92 bits per heavy atom. The average Bonchev–Trinajstić information content (AvgIpc) is 3.06. The van der Waals surface area contributed by atoms with Gasteiger partial charge < -0.3 is 19.9 Å². The molecule has 5 nitrogen and oxygen atoms in total. The maximum Gasteiger partial charge on any atom is 0.113 e. The van der Waals surface area contributed by atoms with Crippen LogP contribution in [0.1, 0.15) is 24.4 Å². The molecular formula is C20H24N3O2. The second-order valence-electron chi connectivity index (χ2n) is 6.33. The molecule has 0 aliphatic rings. The Kier molecular flexibility index (Phi) is 5.81. The van der Waals surface area contributed by atoms with Crippen molar-refractivity contribution in [2.75, 3.05) is 13.2 Å². The number of imidazole rings is 1. The molecule has 0 aliphatic carbocycles. The largest absolute Gasteiger partial charge is 0.395 e. The highest BCUT2D eigenvalue weighted by molar-refractivity contribution is 5.45. The average molecular weight is 338 g/mol. The Morgan fingerprint density at radius 3 is 2.68 bits per heavy atom. The smallest absolute Gasteiger partial charge is 0.113 e. The number of nitrogens with zero attached hydrogens (tertiary/aromatic N) is 2. The van der Waals surface area contributed by atoms with E-state index in [1.165, 1.54) is 5.92 Å². The van der Waals surface area contributed by atoms with Crippen LogP contribution in [0.2, 0.25) is 0 Å². The van der Waals surface area contributed by atoms with Gasteiger partial charge in [-0.2, -0.15) is 0 Å². The summed E-state index contributed by atoms with van der Waals surface area (Å²) >= 11 is 0. The van der Waals surface area contributed by atoms with E-state index in [0.29, 0.717) is 6.54 Å². The topological polar surface area (TPSA) is 69.8 Å². The summed E-state index contributed by atoms with van der Waals surface area (Å²) in [5.74, 6) is 2.18. The molecule has 1 aromatic carbocycles. The molecule has 1 radical (unpaired) electrons. The van der Waals surface area contributed by atoms with Crippen LogP contribution >= 0.6 is 0 Å². The highest BCUT2D eigenvalue weighted by atomic mass is 16.3. The number of aliphatic hydroxyl groups is 2. The zero-order valence-electron chi connectivity index (χ0n) is 14.3. The zero-order valence-corrected chi connectivity index (χ0v) is 14.3. The summed E-state index contributed by atoms with van der Waals surface area (Å²) in [4.78, 5) is 4.48. The summed E-state index contributed by atoms with van der Waals surface area (Å²) in [6.07, 6.45) is 3.87. The van der Waals surface area contributed by atoms with Gasteiger partial charge >= 0.3 is 0 Å². The van der Waals surface area contributed by atoms with Crippen LogP contribution in [0, 0.1) is 5.92 Å². The number of hydrogen-bond donors (Lipinski definition) is 3. The number of aliphatic hydroxyl groups excluding tert-OH is 2. The normalized spacial score (nSPS) is 14.1.